The lowest BCUT2D eigenvalue weighted by atomic mass is 10.2. The van der Waals surface area contributed by atoms with Crippen molar-refractivity contribution in [3.05, 3.63) is 47.8 Å². The Bertz CT molecular complexity index is 728. The van der Waals surface area contributed by atoms with Gasteiger partial charge in [0.05, 0.1) is 17.2 Å². The van der Waals surface area contributed by atoms with E-state index < -0.39 is 0 Å². The van der Waals surface area contributed by atoms with Crippen LogP contribution >= 0.6 is 11.3 Å². The third kappa shape index (κ3) is 2.34. The first kappa shape index (κ1) is 12.9. The summed E-state index contributed by atoms with van der Waals surface area (Å²) in [6.45, 7) is 2.48. The van der Waals surface area contributed by atoms with Gasteiger partial charge in [0.2, 0.25) is 0 Å². The zero-order valence-electron chi connectivity index (χ0n) is 11.2. The lowest BCUT2D eigenvalue weighted by molar-refractivity contribution is -0.143. The maximum atomic E-state index is 11.8. The predicted molar refractivity (Wildman–Crippen MR) is 81.9 cm³/mol. The molecular weight excluding hydrogens is 270 g/mol. The predicted octanol–water partition coefficient (Wildman–Crippen LogP) is 3.93. The molecule has 2 heterocycles. The Morgan fingerprint density at radius 3 is 2.85 bits per heavy atom. The van der Waals surface area contributed by atoms with Crippen molar-refractivity contribution in [3.8, 4) is 10.6 Å². The number of para-hydroxylation sites is 1. The van der Waals surface area contributed by atoms with Crippen LogP contribution in [0.2, 0.25) is 0 Å². The average Bonchev–Trinajstić information content (AvgIpc) is 3.07. The summed E-state index contributed by atoms with van der Waals surface area (Å²) in [7, 11) is 0. The Balaban J connectivity index is 2.11. The molecule has 0 bridgehead atoms. The van der Waals surface area contributed by atoms with E-state index in [-0.39, 0.29) is 12.5 Å². The van der Waals surface area contributed by atoms with E-state index >= 15 is 0 Å². The van der Waals surface area contributed by atoms with Gasteiger partial charge in [0, 0.05) is 10.9 Å². The summed E-state index contributed by atoms with van der Waals surface area (Å²) in [6, 6.07) is 14.3. The summed E-state index contributed by atoms with van der Waals surface area (Å²) in [4.78, 5) is 13.0. The van der Waals surface area contributed by atoms with Crippen LogP contribution in [-0.2, 0) is 16.1 Å². The SMILES string of the molecule is CCOC(=O)Cn1c(-c2cccs2)cc2ccccc21. The van der Waals surface area contributed by atoms with Crippen LogP contribution in [0.4, 0.5) is 0 Å². The maximum absolute atomic E-state index is 11.8. The summed E-state index contributed by atoms with van der Waals surface area (Å²) in [5, 5.41) is 3.18. The summed E-state index contributed by atoms with van der Waals surface area (Å²) < 4.78 is 7.11. The van der Waals surface area contributed by atoms with Crippen LogP contribution in [0.3, 0.4) is 0 Å². The Morgan fingerprint density at radius 1 is 1.25 bits per heavy atom. The van der Waals surface area contributed by atoms with Crippen LogP contribution in [0, 0.1) is 0 Å². The third-order valence-corrected chi connectivity index (χ3v) is 4.07. The fourth-order valence-electron chi connectivity index (χ4n) is 2.34. The van der Waals surface area contributed by atoms with Gasteiger partial charge in [-0.15, -0.1) is 11.3 Å². The molecule has 1 aromatic carbocycles. The molecule has 0 aliphatic rings. The molecule has 3 rings (SSSR count). The molecule has 3 nitrogen and oxygen atoms in total. The highest BCUT2D eigenvalue weighted by atomic mass is 32.1. The number of carbonyl (C=O) groups excluding carboxylic acids is 1. The normalized spacial score (nSPS) is 10.8. The smallest absolute Gasteiger partial charge is 0.325 e. The van der Waals surface area contributed by atoms with E-state index in [4.69, 9.17) is 4.74 Å². The summed E-state index contributed by atoms with van der Waals surface area (Å²) in [5.74, 6) is -0.202. The van der Waals surface area contributed by atoms with Gasteiger partial charge in [-0.2, -0.15) is 0 Å². The van der Waals surface area contributed by atoms with Crippen LogP contribution in [0.1, 0.15) is 6.92 Å². The number of hydrogen-bond donors (Lipinski definition) is 0. The van der Waals surface area contributed by atoms with Gasteiger partial charge < -0.3 is 9.30 Å². The molecule has 4 heteroatoms. The molecule has 20 heavy (non-hydrogen) atoms. The molecule has 0 unspecified atom stereocenters. The van der Waals surface area contributed by atoms with Gasteiger partial charge >= 0.3 is 5.97 Å². The topological polar surface area (TPSA) is 31.2 Å². The molecule has 0 aliphatic carbocycles. The van der Waals surface area contributed by atoms with Crippen molar-refractivity contribution in [1.82, 2.24) is 4.57 Å². The second-order valence-corrected chi connectivity index (χ2v) is 5.40. The first-order valence-electron chi connectivity index (χ1n) is 6.57. The van der Waals surface area contributed by atoms with Crippen molar-refractivity contribution in [2.24, 2.45) is 0 Å². The third-order valence-electron chi connectivity index (χ3n) is 3.18. The second kappa shape index (κ2) is 5.51. The highest BCUT2D eigenvalue weighted by Gasteiger charge is 2.14. The Kier molecular flexibility index (Phi) is 3.56. The van der Waals surface area contributed by atoms with Crippen LogP contribution < -0.4 is 0 Å². The zero-order valence-corrected chi connectivity index (χ0v) is 12.0. The van der Waals surface area contributed by atoms with Gasteiger partial charge in [0.1, 0.15) is 6.54 Å². The Labute approximate surface area is 121 Å². The van der Waals surface area contributed by atoms with Crippen LogP contribution in [-0.4, -0.2) is 17.1 Å². The molecule has 0 N–H and O–H groups in total. The van der Waals surface area contributed by atoms with Gasteiger partial charge in [-0.3, -0.25) is 4.79 Å². The van der Waals surface area contributed by atoms with Crippen LogP contribution in [0.15, 0.2) is 47.8 Å². The molecular formula is C16H15NO2S. The van der Waals surface area contributed by atoms with Crippen molar-refractivity contribution >= 4 is 28.2 Å². The molecule has 0 aliphatic heterocycles. The van der Waals surface area contributed by atoms with E-state index in [0.717, 1.165) is 21.5 Å². The average molecular weight is 285 g/mol. The Hall–Kier alpha value is -2.07. The molecule has 0 spiro atoms. The molecule has 0 amide bonds. The number of aromatic nitrogens is 1. The number of thiophene rings is 1. The van der Waals surface area contributed by atoms with E-state index in [2.05, 4.69) is 18.2 Å². The molecule has 0 atom stereocenters. The highest BCUT2D eigenvalue weighted by molar-refractivity contribution is 7.13. The van der Waals surface area contributed by atoms with Gasteiger partial charge in [-0.1, -0.05) is 24.3 Å². The lowest BCUT2D eigenvalue weighted by Gasteiger charge is -2.09. The molecule has 3 aromatic rings. The molecule has 0 saturated carbocycles. The van der Waals surface area contributed by atoms with E-state index in [0.29, 0.717) is 6.61 Å². The van der Waals surface area contributed by atoms with Crippen molar-refractivity contribution in [3.63, 3.8) is 0 Å². The van der Waals surface area contributed by atoms with E-state index in [9.17, 15) is 4.79 Å². The standard InChI is InChI=1S/C16H15NO2S/c1-2-19-16(18)11-17-13-7-4-3-6-12(13)10-14(17)15-8-5-9-20-15/h3-10H,2,11H2,1H3. The van der Waals surface area contributed by atoms with E-state index in [1.54, 1.807) is 11.3 Å². The Morgan fingerprint density at radius 2 is 2.10 bits per heavy atom. The van der Waals surface area contributed by atoms with Gasteiger partial charge in [0.15, 0.2) is 0 Å². The molecule has 102 valence electrons. The fourth-order valence-corrected chi connectivity index (χ4v) is 3.10. The van der Waals surface area contributed by atoms with Crippen LogP contribution in [0.25, 0.3) is 21.5 Å². The number of carbonyl (C=O) groups is 1. The summed E-state index contributed by atoms with van der Waals surface area (Å²) in [5.41, 5.74) is 2.12. The summed E-state index contributed by atoms with van der Waals surface area (Å²) in [6.07, 6.45) is 0. The largest absolute Gasteiger partial charge is 0.465 e. The number of ether oxygens (including phenoxy) is 1. The van der Waals surface area contributed by atoms with Crippen molar-refractivity contribution in [2.75, 3.05) is 6.61 Å². The maximum Gasteiger partial charge on any atom is 0.325 e. The summed E-state index contributed by atoms with van der Waals surface area (Å²) >= 11 is 1.67. The van der Waals surface area contributed by atoms with Crippen molar-refractivity contribution in [2.45, 2.75) is 13.5 Å². The molecule has 2 aromatic heterocycles. The van der Waals surface area contributed by atoms with Gasteiger partial charge in [0.25, 0.3) is 0 Å². The minimum atomic E-state index is -0.202. The zero-order chi connectivity index (χ0) is 13.9. The number of nitrogens with zero attached hydrogens (tertiary/aromatic N) is 1. The minimum Gasteiger partial charge on any atom is -0.465 e. The van der Waals surface area contributed by atoms with Crippen molar-refractivity contribution in [1.29, 1.82) is 0 Å². The lowest BCUT2D eigenvalue weighted by Crippen LogP contribution is -2.13. The number of hydrogen-bond acceptors (Lipinski definition) is 3. The van der Waals surface area contributed by atoms with Gasteiger partial charge in [-0.25, -0.2) is 0 Å². The van der Waals surface area contributed by atoms with E-state index in [1.165, 1.54) is 0 Å². The van der Waals surface area contributed by atoms with Gasteiger partial charge in [-0.05, 0) is 30.5 Å². The van der Waals surface area contributed by atoms with Crippen molar-refractivity contribution < 1.29 is 9.53 Å². The fraction of sp³-hybridized carbons (Fsp3) is 0.188. The first-order valence-corrected chi connectivity index (χ1v) is 7.45. The quantitative estimate of drug-likeness (QED) is 0.680. The molecule has 0 saturated heterocycles. The second-order valence-electron chi connectivity index (χ2n) is 4.46. The highest BCUT2D eigenvalue weighted by Crippen LogP contribution is 2.31. The number of esters is 1. The first-order chi connectivity index (χ1) is 9.79. The van der Waals surface area contributed by atoms with Crippen LogP contribution in [0.5, 0.6) is 0 Å². The molecule has 0 fully saturated rings. The number of fused-ring (bicyclic) bond motifs is 1. The molecule has 0 radical (unpaired) electrons. The number of rotatable bonds is 4. The number of benzene rings is 1. The monoisotopic (exact) mass is 285 g/mol. The van der Waals surface area contributed by atoms with E-state index in [1.807, 2.05) is 41.1 Å². The minimum absolute atomic E-state index is 0.202.